The number of fused-ring (bicyclic) bond motifs is 2. The predicted octanol–water partition coefficient (Wildman–Crippen LogP) is 0.329. The zero-order valence-corrected chi connectivity index (χ0v) is 23.2. The summed E-state index contributed by atoms with van der Waals surface area (Å²) in [6.45, 7) is 1.30. The van der Waals surface area contributed by atoms with Gasteiger partial charge in [0.25, 0.3) is 10.9 Å². The third kappa shape index (κ3) is 7.84. The molecule has 4 rings (SSSR count). The lowest BCUT2D eigenvalue weighted by molar-refractivity contribution is -0.141. The van der Waals surface area contributed by atoms with Crippen LogP contribution in [0, 0.1) is 0 Å². The van der Waals surface area contributed by atoms with Gasteiger partial charge in [-0.15, -0.1) is 0 Å². The predicted molar refractivity (Wildman–Crippen MR) is 153 cm³/mol. The Kier molecular flexibility index (Phi) is 10.1. The summed E-state index contributed by atoms with van der Waals surface area (Å²) in [6.07, 6.45) is 1.20. The summed E-state index contributed by atoms with van der Waals surface area (Å²) in [5.74, 6) is -2.06. The van der Waals surface area contributed by atoms with Gasteiger partial charge in [0.2, 0.25) is 0 Å². The van der Waals surface area contributed by atoms with E-state index in [1.165, 1.54) is 7.11 Å². The SMILES string of the molecule is COc1c(Nc2ccc(CC3CN(CC(=O)O)CCN(CC=O)Cc4cccc(n4)CN3CC(=O)O)cc2)c(=O)c1=O. The zero-order chi connectivity index (χ0) is 30.2. The molecule has 0 spiro atoms. The Morgan fingerprint density at radius 2 is 1.64 bits per heavy atom. The number of aldehydes is 1. The van der Waals surface area contributed by atoms with Gasteiger partial charge in [-0.25, -0.2) is 0 Å². The van der Waals surface area contributed by atoms with Crippen molar-refractivity contribution in [3.63, 3.8) is 0 Å². The van der Waals surface area contributed by atoms with Crippen molar-refractivity contribution in [3.05, 3.63) is 79.9 Å². The Balaban J connectivity index is 1.63. The fourth-order valence-corrected chi connectivity index (χ4v) is 5.11. The van der Waals surface area contributed by atoms with Crippen molar-refractivity contribution in [2.24, 2.45) is 0 Å². The van der Waals surface area contributed by atoms with Gasteiger partial charge in [0, 0.05) is 44.5 Å². The number of ether oxygens (including phenoxy) is 1. The number of benzene rings is 1. The molecule has 2 aromatic carbocycles. The lowest BCUT2D eigenvalue weighted by atomic mass is 10.0. The number of hydrogen-bond donors (Lipinski definition) is 3. The number of aliphatic carboxylic acids is 2. The van der Waals surface area contributed by atoms with Crippen LogP contribution in [-0.4, -0.2) is 101 Å². The molecule has 222 valence electrons. The number of carbonyl (C=O) groups is 3. The molecule has 1 aliphatic rings. The minimum atomic E-state index is -1.02. The molecule has 13 heteroatoms. The molecule has 13 nitrogen and oxygen atoms in total. The highest BCUT2D eigenvalue weighted by atomic mass is 16.5. The fourth-order valence-electron chi connectivity index (χ4n) is 5.11. The summed E-state index contributed by atoms with van der Waals surface area (Å²) >= 11 is 0. The summed E-state index contributed by atoms with van der Waals surface area (Å²) in [7, 11) is 1.31. The van der Waals surface area contributed by atoms with E-state index >= 15 is 0 Å². The van der Waals surface area contributed by atoms with Gasteiger partial charge in [-0.3, -0.25) is 38.9 Å². The van der Waals surface area contributed by atoms with E-state index in [9.17, 15) is 34.2 Å². The van der Waals surface area contributed by atoms with E-state index in [0.717, 1.165) is 17.5 Å². The Morgan fingerprint density at radius 3 is 2.29 bits per heavy atom. The van der Waals surface area contributed by atoms with Gasteiger partial charge in [0.15, 0.2) is 5.75 Å². The minimum absolute atomic E-state index is 0.0236. The van der Waals surface area contributed by atoms with Gasteiger partial charge in [-0.2, -0.15) is 0 Å². The monoisotopic (exact) mass is 579 g/mol. The summed E-state index contributed by atoms with van der Waals surface area (Å²) in [5.41, 5.74) is 1.56. The van der Waals surface area contributed by atoms with Gasteiger partial charge >= 0.3 is 11.9 Å². The molecule has 1 aliphatic heterocycles. The van der Waals surface area contributed by atoms with E-state index in [1.54, 1.807) is 21.9 Å². The molecule has 0 aliphatic carbocycles. The standard InChI is InChI=1S/C29H33N5O8/c1-42-29-26(27(40)28(29)41)31-20-7-5-19(6-8-20)13-23-16-33(17-24(36)37)10-9-32(11-12-35)14-21-3-2-4-22(30-21)15-34(23)18-25(38)39/h2-8,12,23,31H,9-11,13-18H2,1H3,(H,36,37)(H,38,39). The van der Waals surface area contributed by atoms with Crippen LogP contribution in [0.1, 0.15) is 17.0 Å². The number of carbonyl (C=O) groups excluding carboxylic acids is 1. The van der Waals surface area contributed by atoms with Gasteiger partial charge in [-0.05, 0) is 36.2 Å². The van der Waals surface area contributed by atoms with E-state index in [1.807, 2.05) is 35.2 Å². The van der Waals surface area contributed by atoms with E-state index < -0.39 is 28.8 Å². The van der Waals surface area contributed by atoms with Crippen molar-refractivity contribution in [3.8, 4) is 5.75 Å². The molecule has 42 heavy (non-hydrogen) atoms. The van der Waals surface area contributed by atoms with Crippen LogP contribution in [0.4, 0.5) is 11.4 Å². The first kappa shape index (κ1) is 30.5. The van der Waals surface area contributed by atoms with Crippen molar-refractivity contribution in [1.82, 2.24) is 19.7 Å². The topological polar surface area (TPSA) is 170 Å². The average molecular weight is 580 g/mol. The van der Waals surface area contributed by atoms with Crippen LogP contribution in [0.25, 0.3) is 0 Å². The number of pyridine rings is 1. The van der Waals surface area contributed by atoms with Crippen LogP contribution < -0.4 is 20.9 Å². The van der Waals surface area contributed by atoms with Crippen LogP contribution in [0.5, 0.6) is 5.75 Å². The second-order valence-corrected chi connectivity index (χ2v) is 10.2. The molecule has 0 fully saturated rings. The lowest BCUT2D eigenvalue weighted by Gasteiger charge is -2.35. The Labute approximate surface area is 241 Å². The number of hydrogen-bond acceptors (Lipinski definition) is 11. The fraction of sp³-hybridized carbons (Fsp3) is 0.379. The lowest BCUT2D eigenvalue weighted by Crippen LogP contribution is -2.50. The smallest absolute Gasteiger partial charge is 0.317 e. The van der Waals surface area contributed by atoms with E-state index in [-0.39, 0.29) is 44.2 Å². The molecular weight excluding hydrogens is 546 g/mol. The highest BCUT2D eigenvalue weighted by molar-refractivity contribution is 5.70. The normalized spacial score (nSPS) is 17.2. The number of carboxylic acid groups (broad SMARTS) is 2. The Hall–Kier alpha value is -4.46. The molecule has 0 radical (unpaired) electrons. The average Bonchev–Trinajstić information content (AvgIpc) is 2.95. The quantitative estimate of drug-likeness (QED) is 0.210. The van der Waals surface area contributed by atoms with Crippen LogP contribution in [0.2, 0.25) is 0 Å². The molecule has 0 saturated carbocycles. The minimum Gasteiger partial charge on any atom is -0.491 e. The third-order valence-corrected chi connectivity index (χ3v) is 7.13. The number of nitrogens with one attached hydrogen (secondary N) is 1. The van der Waals surface area contributed by atoms with Gasteiger partial charge in [0.1, 0.15) is 12.0 Å². The second-order valence-electron chi connectivity index (χ2n) is 10.2. The first-order valence-electron chi connectivity index (χ1n) is 13.4. The molecular formula is C29H33N5O8. The first-order chi connectivity index (χ1) is 20.2. The summed E-state index contributed by atoms with van der Waals surface area (Å²) in [5, 5.41) is 22.3. The van der Waals surface area contributed by atoms with E-state index in [4.69, 9.17) is 9.72 Å². The molecule has 1 unspecified atom stereocenters. The van der Waals surface area contributed by atoms with Gasteiger partial charge in [0.05, 0.1) is 38.1 Å². The maximum Gasteiger partial charge on any atom is 0.317 e. The molecule has 3 N–H and O–H groups in total. The Bertz CT molecular complexity index is 1480. The van der Waals surface area contributed by atoms with Crippen molar-refractivity contribution in [2.75, 3.05) is 51.7 Å². The third-order valence-electron chi connectivity index (χ3n) is 7.13. The number of carboxylic acids is 2. The van der Waals surface area contributed by atoms with Crippen LogP contribution in [0.3, 0.4) is 0 Å². The highest BCUT2D eigenvalue weighted by Crippen LogP contribution is 2.23. The molecule has 3 aromatic rings. The van der Waals surface area contributed by atoms with E-state index in [2.05, 4.69) is 5.32 Å². The van der Waals surface area contributed by atoms with Crippen molar-refractivity contribution in [1.29, 1.82) is 0 Å². The van der Waals surface area contributed by atoms with Crippen molar-refractivity contribution < 1.29 is 29.3 Å². The zero-order valence-electron chi connectivity index (χ0n) is 23.2. The van der Waals surface area contributed by atoms with E-state index in [0.29, 0.717) is 37.4 Å². The van der Waals surface area contributed by atoms with Crippen molar-refractivity contribution >= 4 is 29.6 Å². The molecule has 0 saturated heterocycles. The maximum absolute atomic E-state index is 11.9. The first-order valence-corrected chi connectivity index (χ1v) is 13.4. The number of rotatable bonds is 11. The number of aromatic nitrogens is 1. The van der Waals surface area contributed by atoms with Gasteiger partial charge in [-0.1, -0.05) is 18.2 Å². The number of anilines is 2. The highest BCUT2D eigenvalue weighted by Gasteiger charge is 2.27. The number of nitrogens with zero attached hydrogens (tertiary/aromatic N) is 4. The molecule has 0 amide bonds. The second kappa shape index (κ2) is 13.9. The largest absolute Gasteiger partial charge is 0.491 e. The van der Waals surface area contributed by atoms with Gasteiger partial charge < -0.3 is 25.1 Å². The van der Waals surface area contributed by atoms with Crippen LogP contribution in [0.15, 0.2) is 52.1 Å². The molecule has 1 aromatic heterocycles. The van der Waals surface area contributed by atoms with Crippen molar-refractivity contribution in [2.45, 2.75) is 25.6 Å². The maximum atomic E-state index is 11.9. The molecule has 2 bridgehead atoms. The summed E-state index contributed by atoms with van der Waals surface area (Å²) in [4.78, 5) is 68.7. The summed E-state index contributed by atoms with van der Waals surface area (Å²) < 4.78 is 4.97. The van der Waals surface area contributed by atoms with Crippen LogP contribution >= 0.6 is 0 Å². The number of methoxy groups -OCH3 is 1. The summed E-state index contributed by atoms with van der Waals surface area (Å²) in [6, 6.07) is 12.2. The molecule has 2 heterocycles. The Morgan fingerprint density at radius 1 is 0.976 bits per heavy atom. The van der Waals surface area contributed by atoms with Crippen LogP contribution in [-0.2, 0) is 33.9 Å². The molecule has 1 atom stereocenters.